The third-order valence-electron chi connectivity index (χ3n) is 3.68. The highest BCUT2D eigenvalue weighted by Gasteiger charge is 2.57. The Morgan fingerprint density at radius 1 is 0.889 bits per heavy atom. The van der Waals surface area contributed by atoms with E-state index in [1.54, 1.807) is 0 Å². The predicted octanol–water partition coefficient (Wildman–Crippen LogP) is 4.13. The largest absolute Gasteiger partial charge is 0.356 e. The van der Waals surface area contributed by atoms with E-state index in [9.17, 15) is 0 Å². The van der Waals surface area contributed by atoms with Crippen molar-refractivity contribution in [3.8, 4) is 0 Å². The number of hydrogen-bond acceptors (Lipinski definition) is 1. The Labute approximate surface area is 108 Å². The Morgan fingerprint density at radius 2 is 1.39 bits per heavy atom. The van der Waals surface area contributed by atoms with Crippen LogP contribution in [0, 0.1) is 0 Å². The number of hydrogen-bond donors (Lipinski definition) is 0. The van der Waals surface area contributed by atoms with Crippen LogP contribution >= 0.6 is 0 Å². The van der Waals surface area contributed by atoms with E-state index in [1.165, 1.54) is 11.1 Å². The van der Waals surface area contributed by atoms with E-state index in [1.807, 2.05) is 0 Å². The summed E-state index contributed by atoms with van der Waals surface area (Å²) in [5, 5.41) is 0. The molecule has 0 bridgehead atoms. The molecule has 92 valence electrons. The molecule has 2 aromatic rings. The molecule has 1 atom stereocenters. The van der Waals surface area contributed by atoms with Crippen LogP contribution in [0.5, 0.6) is 0 Å². The SMILES string of the molecule is CCCC1OC1(c1ccccc1)c1ccccc1. The average molecular weight is 238 g/mol. The lowest BCUT2D eigenvalue weighted by atomic mass is 9.86. The molecule has 0 N–H and O–H groups in total. The van der Waals surface area contributed by atoms with Gasteiger partial charge in [-0.3, -0.25) is 0 Å². The fourth-order valence-corrected chi connectivity index (χ4v) is 2.76. The third kappa shape index (κ3) is 1.75. The first-order valence-corrected chi connectivity index (χ1v) is 6.67. The van der Waals surface area contributed by atoms with Crippen molar-refractivity contribution in [3.05, 3.63) is 71.8 Å². The Bertz CT molecular complexity index is 464. The minimum atomic E-state index is -0.196. The zero-order chi connectivity index (χ0) is 12.4. The van der Waals surface area contributed by atoms with Gasteiger partial charge in [-0.05, 0) is 17.5 Å². The molecule has 1 nitrogen and oxygen atoms in total. The van der Waals surface area contributed by atoms with Gasteiger partial charge in [-0.15, -0.1) is 0 Å². The van der Waals surface area contributed by atoms with Gasteiger partial charge in [0.2, 0.25) is 0 Å². The molecule has 1 saturated heterocycles. The van der Waals surface area contributed by atoms with Gasteiger partial charge in [-0.25, -0.2) is 0 Å². The van der Waals surface area contributed by atoms with Crippen LogP contribution in [-0.2, 0) is 10.3 Å². The summed E-state index contributed by atoms with van der Waals surface area (Å²) in [5.74, 6) is 0. The molecule has 1 fully saturated rings. The molecule has 1 aliphatic rings. The fourth-order valence-electron chi connectivity index (χ4n) is 2.76. The molecular weight excluding hydrogens is 220 g/mol. The van der Waals surface area contributed by atoms with E-state index in [0.29, 0.717) is 6.10 Å². The number of rotatable bonds is 4. The molecule has 0 aliphatic carbocycles. The molecule has 1 heterocycles. The Kier molecular flexibility index (Phi) is 2.92. The second kappa shape index (κ2) is 4.58. The van der Waals surface area contributed by atoms with Gasteiger partial charge in [0.05, 0.1) is 6.10 Å². The molecular formula is C17H18O. The van der Waals surface area contributed by atoms with Crippen molar-refractivity contribution >= 4 is 0 Å². The molecule has 1 aliphatic heterocycles. The Hall–Kier alpha value is -1.60. The van der Waals surface area contributed by atoms with E-state index >= 15 is 0 Å². The van der Waals surface area contributed by atoms with Gasteiger partial charge in [-0.2, -0.15) is 0 Å². The van der Waals surface area contributed by atoms with Crippen LogP contribution in [0.25, 0.3) is 0 Å². The van der Waals surface area contributed by atoms with Crippen molar-refractivity contribution in [2.75, 3.05) is 0 Å². The predicted molar refractivity (Wildman–Crippen MR) is 73.4 cm³/mol. The van der Waals surface area contributed by atoms with E-state index in [2.05, 4.69) is 67.6 Å². The standard InChI is InChI=1S/C17H18O/c1-2-9-16-17(18-16,14-10-5-3-6-11-14)15-12-7-4-8-13-15/h3-8,10-13,16H,2,9H2,1H3. The first kappa shape index (κ1) is 11.5. The molecule has 0 saturated carbocycles. The third-order valence-corrected chi connectivity index (χ3v) is 3.68. The van der Waals surface area contributed by atoms with E-state index in [0.717, 1.165) is 12.8 Å². The highest BCUT2D eigenvalue weighted by atomic mass is 16.6. The monoisotopic (exact) mass is 238 g/mol. The summed E-state index contributed by atoms with van der Waals surface area (Å²) in [6, 6.07) is 21.1. The van der Waals surface area contributed by atoms with Crippen LogP contribution < -0.4 is 0 Å². The average Bonchev–Trinajstić information content (AvgIpc) is 3.17. The summed E-state index contributed by atoms with van der Waals surface area (Å²) in [6.45, 7) is 2.21. The van der Waals surface area contributed by atoms with Crippen molar-refractivity contribution in [2.24, 2.45) is 0 Å². The first-order valence-electron chi connectivity index (χ1n) is 6.67. The van der Waals surface area contributed by atoms with E-state index in [-0.39, 0.29) is 5.60 Å². The van der Waals surface area contributed by atoms with Gasteiger partial charge >= 0.3 is 0 Å². The first-order chi connectivity index (χ1) is 8.88. The summed E-state index contributed by atoms with van der Waals surface area (Å²) in [5.41, 5.74) is 2.35. The number of benzene rings is 2. The molecule has 0 spiro atoms. The molecule has 18 heavy (non-hydrogen) atoms. The van der Waals surface area contributed by atoms with Gasteiger partial charge in [0, 0.05) is 0 Å². The van der Waals surface area contributed by atoms with Crippen molar-refractivity contribution < 1.29 is 4.74 Å². The van der Waals surface area contributed by atoms with Crippen LogP contribution in [0.4, 0.5) is 0 Å². The number of ether oxygens (including phenoxy) is 1. The van der Waals surface area contributed by atoms with Crippen LogP contribution in [0.1, 0.15) is 30.9 Å². The maximum Gasteiger partial charge on any atom is 0.145 e. The molecule has 2 aromatic carbocycles. The second-order valence-corrected chi connectivity index (χ2v) is 4.86. The van der Waals surface area contributed by atoms with E-state index < -0.39 is 0 Å². The molecule has 3 rings (SSSR count). The van der Waals surface area contributed by atoms with Crippen LogP contribution in [0.15, 0.2) is 60.7 Å². The normalized spacial score (nSPS) is 20.6. The number of epoxide rings is 1. The maximum absolute atomic E-state index is 6.12. The lowest BCUT2D eigenvalue weighted by Crippen LogP contribution is -2.14. The zero-order valence-electron chi connectivity index (χ0n) is 10.7. The smallest absolute Gasteiger partial charge is 0.145 e. The fraction of sp³-hybridized carbons (Fsp3) is 0.294. The molecule has 1 heteroatoms. The second-order valence-electron chi connectivity index (χ2n) is 4.86. The summed E-state index contributed by atoms with van der Waals surface area (Å²) in [7, 11) is 0. The van der Waals surface area contributed by atoms with Crippen LogP contribution in [0.3, 0.4) is 0 Å². The van der Waals surface area contributed by atoms with Crippen molar-refractivity contribution in [1.82, 2.24) is 0 Å². The molecule has 0 aromatic heterocycles. The van der Waals surface area contributed by atoms with Gasteiger partial charge in [0.15, 0.2) is 0 Å². The molecule has 1 unspecified atom stereocenters. The van der Waals surface area contributed by atoms with Crippen molar-refractivity contribution in [3.63, 3.8) is 0 Å². The highest BCUT2D eigenvalue weighted by molar-refractivity contribution is 5.42. The van der Waals surface area contributed by atoms with Gasteiger partial charge in [0.25, 0.3) is 0 Å². The Balaban J connectivity index is 2.02. The molecule has 0 amide bonds. The summed E-state index contributed by atoms with van der Waals surface area (Å²) in [4.78, 5) is 0. The van der Waals surface area contributed by atoms with Crippen LogP contribution in [0.2, 0.25) is 0 Å². The van der Waals surface area contributed by atoms with Gasteiger partial charge in [0.1, 0.15) is 5.60 Å². The summed E-state index contributed by atoms with van der Waals surface area (Å²) in [6.07, 6.45) is 2.60. The quantitative estimate of drug-likeness (QED) is 0.730. The summed E-state index contributed by atoms with van der Waals surface area (Å²) >= 11 is 0. The topological polar surface area (TPSA) is 12.5 Å². The minimum absolute atomic E-state index is 0.196. The lowest BCUT2D eigenvalue weighted by Gasteiger charge is -2.14. The highest BCUT2D eigenvalue weighted by Crippen LogP contribution is 2.53. The Morgan fingerprint density at radius 3 is 1.83 bits per heavy atom. The maximum atomic E-state index is 6.12. The minimum Gasteiger partial charge on any atom is -0.356 e. The summed E-state index contributed by atoms with van der Waals surface area (Å²) < 4.78 is 6.12. The zero-order valence-corrected chi connectivity index (χ0v) is 10.7. The molecule has 0 radical (unpaired) electrons. The lowest BCUT2D eigenvalue weighted by molar-refractivity contribution is 0.323. The van der Waals surface area contributed by atoms with Crippen molar-refractivity contribution in [2.45, 2.75) is 31.5 Å². The van der Waals surface area contributed by atoms with Crippen LogP contribution in [-0.4, -0.2) is 6.10 Å². The van der Waals surface area contributed by atoms with E-state index in [4.69, 9.17) is 4.74 Å². The van der Waals surface area contributed by atoms with Gasteiger partial charge < -0.3 is 4.74 Å². The van der Waals surface area contributed by atoms with Gasteiger partial charge in [-0.1, -0.05) is 74.0 Å². The van der Waals surface area contributed by atoms with Crippen molar-refractivity contribution in [1.29, 1.82) is 0 Å².